The number of thiophene rings is 1. The summed E-state index contributed by atoms with van der Waals surface area (Å²) in [5, 5.41) is 12.5. The molecular formula is C13H16N2OS. The Hall–Kier alpha value is -1.13. The summed E-state index contributed by atoms with van der Waals surface area (Å²) in [7, 11) is 0. The third-order valence-corrected chi connectivity index (χ3v) is 4.41. The van der Waals surface area contributed by atoms with E-state index in [1.807, 2.05) is 6.20 Å². The second-order valence-corrected chi connectivity index (χ2v) is 5.53. The van der Waals surface area contributed by atoms with Gasteiger partial charge in [0.05, 0.1) is 0 Å². The van der Waals surface area contributed by atoms with Crippen molar-refractivity contribution in [2.45, 2.75) is 12.8 Å². The number of fused-ring (bicyclic) bond motifs is 1. The van der Waals surface area contributed by atoms with Crippen LogP contribution in [0.1, 0.15) is 12.8 Å². The standard InChI is InChI=1S/C13H16N2OS/c16-9-10-2-6-15(7-3-10)13-11-4-8-17-12(11)1-5-14-13/h1,4-5,8,10,16H,2-3,6-7,9H2. The van der Waals surface area contributed by atoms with Gasteiger partial charge < -0.3 is 10.0 Å². The monoisotopic (exact) mass is 248 g/mol. The molecule has 1 aliphatic rings. The molecular weight excluding hydrogens is 232 g/mol. The Balaban J connectivity index is 1.87. The van der Waals surface area contributed by atoms with E-state index >= 15 is 0 Å². The summed E-state index contributed by atoms with van der Waals surface area (Å²) in [5.74, 6) is 1.59. The number of aliphatic hydroxyl groups is 1. The fourth-order valence-electron chi connectivity index (χ4n) is 2.46. The number of pyridine rings is 1. The molecule has 1 saturated heterocycles. The maximum absolute atomic E-state index is 9.15. The molecule has 1 N–H and O–H groups in total. The van der Waals surface area contributed by atoms with E-state index < -0.39 is 0 Å². The van der Waals surface area contributed by atoms with Gasteiger partial charge in [-0.25, -0.2) is 4.98 Å². The second-order valence-electron chi connectivity index (χ2n) is 4.58. The number of hydrogen-bond acceptors (Lipinski definition) is 4. The van der Waals surface area contributed by atoms with Crippen molar-refractivity contribution in [2.75, 3.05) is 24.6 Å². The quantitative estimate of drug-likeness (QED) is 0.887. The molecule has 90 valence electrons. The largest absolute Gasteiger partial charge is 0.396 e. The predicted molar refractivity (Wildman–Crippen MR) is 71.6 cm³/mol. The van der Waals surface area contributed by atoms with Gasteiger partial charge in [0.2, 0.25) is 0 Å². The van der Waals surface area contributed by atoms with E-state index in [0.29, 0.717) is 12.5 Å². The second kappa shape index (κ2) is 4.63. The summed E-state index contributed by atoms with van der Waals surface area (Å²) in [6.45, 7) is 2.34. The fourth-order valence-corrected chi connectivity index (χ4v) is 3.24. The highest BCUT2D eigenvalue weighted by Gasteiger charge is 2.20. The first-order valence-electron chi connectivity index (χ1n) is 6.06. The summed E-state index contributed by atoms with van der Waals surface area (Å²) in [5.41, 5.74) is 0. The molecule has 3 heterocycles. The van der Waals surface area contributed by atoms with Gasteiger partial charge >= 0.3 is 0 Å². The molecule has 1 aliphatic heterocycles. The van der Waals surface area contributed by atoms with Crippen molar-refractivity contribution in [3.8, 4) is 0 Å². The van der Waals surface area contributed by atoms with Gasteiger partial charge in [-0.1, -0.05) is 0 Å². The Kier molecular flexibility index (Phi) is 2.99. The molecule has 0 aromatic carbocycles. The first-order valence-corrected chi connectivity index (χ1v) is 6.94. The van der Waals surface area contributed by atoms with Gasteiger partial charge in [-0.05, 0) is 36.3 Å². The number of hydrogen-bond donors (Lipinski definition) is 1. The van der Waals surface area contributed by atoms with E-state index in [2.05, 4.69) is 27.4 Å². The highest BCUT2D eigenvalue weighted by Crippen LogP contribution is 2.30. The Morgan fingerprint density at radius 3 is 2.94 bits per heavy atom. The molecule has 17 heavy (non-hydrogen) atoms. The molecule has 0 atom stereocenters. The van der Waals surface area contributed by atoms with Crippen LogP contribution in [-0.2, 0) is 0 Å². The van der Waals surface area contributed by atoms with Crippen molar-refractivity contribution in [1.82, 2.24) is 4.98 Å². The SMILES string of the molecule is OCC1CCN(c2nccc3sccc23)CC1. The Morgan fingerprint density at radius 1 is 1.35 bits per heavy atom. The zero-order chi connectivity index (χ0) is 11.7. The zero-order valence-electron chi connectivity index (χ0n) is 9.67. The van der Waals surface area contributed by atoms with Crippen LogP contribution in [0.4, 0.5) is 5.82 Å². The number of aliphatic hydroxyl groups excluding tert-OH is 1. The molecule has 0 spiro atoms. The number of aromatic nitrogens is 1. The highest BCUT2D eigenvalue weighted by atomic mass is 32.1. The molecule has 0 amide bonds. The lowest BCUT2D eigenvalue weighted by atomic mass is 9.98. The Labute approximate surface area is 105 Å². The van der Waals surface area contributed by atoms with Crippen molar-refractivity contribution in [1.29, 1.82) is 0 Å². The molecule has 3 rings (SSSR count). The molecule has 3 nitrogen and oxygen atoms in total. The minimum Gasteiger partial charge on any atom is -0.396 e. The van der Waals surface area contributed by atoms with Crippen LogP contribution in [0.3, 0.4) is 0 Å². The molecule has 2 aromatic rings. The highest BCUT2D eigenvalue weighted by molar-refractivity contribution is 7.17. The average Bonchev–Trinajstić information content (AvgIpc) is 2.87. The molecule has 0 unspecified atom stereocenters. The molecule has 0 saturated carbocycles. The molecule has 4 heteroatoms. The molecule has 0 radical (unpaired) electrons. The van der Waals surface area contributed by atoms with Crippen LogP contribution < -0.4 is 4.90 Å². The maximum Gasteiger partial charge on any atom is 0.137 e. The van der Waals surface area contributed by atoms with Crippen LogP contribution in [-0.4, -0.2) is 29.8 Å². The third kappa shape index (κ3) is 2.03. The molecule has 0 aliphatic carbocycles. The number of piperidine rings is 1. The van der Waals surface area contributed by atoms with Gasteiger partial charge in [0, 0.05) is 36.0 Å². The van der Waals surface area contributed by atoms with E-state index in [4.69, 9.17) is 5.11 Å². The van der Waals surface area contributed by atoms with E-state index in [9.17, 15) is 0 Å². The van der Waals surface area contributed by atoms with Crippen LogP contribution in [0.15, 0.2) is 23.7 Å². The smallest absolute Gasteiger partial charge is 0.137 e. The first-order chi connectivity index (χ1) is 8.38. The topological polar surface area (TPSA) is 36.4 Å². The fraction of sp³-hybridized carbons (Fsp3) is 0.462. The van der Waals surface area contributed by atoms with E-state index in [1.165, 1.54) is 10.1 Å². The number of rotatable bonds is 2. The lowest BCUT2D eigenvalue weighted by Gasteiger charge is -2.32. The maximum atomic E-state index is 9.15. The molecule has 1 fully saturated rings. The van der Waals surface area contributed by atoms with Crippen molar-refractivity contribution < 1.29 is 5.11 Å². The lowest BCUT2D eigenvalue weighted by molar-refractivity contribution is 0.203. The van der Waals surface area contributed by atoms with Crippen LogP contribution in [0.5, 0.6) is 0 Å². The normalized spacial score (nSPS) is 17.8. The predicted octanol–water partition coefficient (Wildman–Crippen LogP) is 2.51. The molecule has 2 aromatic heterocycles. The Morgan fingerprint density at radius 2 is 2.18 bits per heavy atom. The first kappa shape index (κ1) is 11.0. The van der Waals surface area contributed by atoms with Gasteiger partial charge in [-0.3, -0.25) is 0 Å². The van der Waals surface area contributed by atoms with Crippen LogP contribution in [0, 0.1) is 5.92 Å². The van der Waals surface area contributed by atoms with E-state index in [0.717, 1.165) is 31.7 Å². The number of nitrogens with zero attached hydrogens (tertiary/aromatic N) is 2. The average molecular weight is 248 g/mol. The minimum atomic E-state index is 0.323. The van der Waals surface area contributed by atoms with Crippen LogP contribution in [0.2, 0.25) is 0 Å². The third-order valence-electron chi connectivity index (χ3n) is 3.53. The minimum absolute atomic E-state index is 0.323. The van der Waals surface area contributed by atoms with Gasteiger partial charge in [0.15, 0.2) is 0 Å². The number of anilines is 1. The van der Waals surface area contributed by atoms with E-state index in [1.54, 1.807) is 11.3 Å². The van der Waals surface area contributed by atoms with Crippen molar-refractivity contribution >= 4 is 27.2 Å². The van der Waals surface area contributed by atoms with Crippen molar-refractivity contribution in [3.63, 3.8) is 0 Å². The molecule has 0 bridgehead atoms. The van der Waals surface area contributed by atoms with Crippen LogP contribution >= 0.6 is 11.3 Å². The van der Waals surface area contributed by atoms with Gasteiger partial charge in [-0.15, -0.1) is 11.3 Å². The summed E-state index contributed by atoms with van der Waals surface area (Å²) in [4.78, 5) is 6.87. The van der Waals surface area contributed by atoms with Crippen LogP contribution in [0.25, 0.3) is 10.1 Å². The van der Waals surface area contributed by atoms with E-state index in [-0.39, 0.29) is 0 Å². The lowest BCUT2D eigenvalue weighted by Crippen LogP contribution is -2.35. The Bertz CT molecular complexity index is 503. The summed E-state index contributed by atoms with van der Waals surface area (Å²) in [6.07, 6.45) is 4.03. The summed E-state index contributed by atoms with van der Waals surface area (Å²) < 4.78 is 1.30. The zero-order valence-corrected chi connectivity index (χ0v) is 10.5. The van der Waals surface area contributed by atoms with Gasteiger partial charge in [0.1, 0.15) is 5.82 Å². The summed E-state index contributed by atoms with van der Waals surface area (Å²) in [6, 6.07) is 4.23. The van der Waals surface area contributed by atoms with Gasteiger partial charge in [0.25, 0.3) is 0 Å². The van der Waals surface area contributed by atoms with Crippen molar-refractivity contribution in [3.05, 3.63) is 23.7 Å². The van der Waals surface area contributed by atoms with Crippen molar-refractivity contribution in [2.24, 2.45) is 5.92 Å². The van der Waals surface area contributed by atoms with Gasteiger partial charge in [-0.2, -0.15) is 0 Å². The summed E-state index contributed by atoms with van der Waals surface area (Å²) >= 11 is 1.76.